The van der Waals surface area contributed by atoms with E-state index >= 15 is 0 Å². The van der Waals surface area contributed by atoms with Crippen molar-refractivity contribution >= 4 is 0 Å². The molecule has 0 heteroatoms. The van der Waals surface area contributed by atoms with Crippen LogP contribution in [0.25, 0.3) is 0 Å². The smallest absolute Gasteiger partial charge is 0.0169 e. The van der Waals surface area contributed by atoms with Gasteiger partial charge in [-0.25, -0.2) is 0 Å². The van der Waals surface area contributed by atoms with Crippen molar-refractivity contribution < 1.29 is 0 Å². The van der Waals surface area contributed by atoms with Crippen LogP contribution in [0.1, 0.15) is 96.8 Å². The number of hydrogen-bond acceptors (Lipinski definition) is 0. The van der Waals surface area contributed by atoms with Crippen LogP contribution in [-0.4, -0.2) is 0 Å². The molecule has 0 aliphatic heterocycles. The van der Waals surface area contributed by atoms with Gasteiger partial charge in [-0.3, -0.25) is 0 Å². The third-order valence-electron chi connectivity index (χ3n) is 3.89. The van der Waals surface area contributed by atoms with Crippen molar-refractivity contribution in [3.05, 3.63) is 43.4 Å². The van der Waals surface area contributed by atoms with Crippen molar-refractivity contribution in [2.24, 2.45) is 0 Å². The van der Waals surface area contributed by atoms with E-state index in [0.29, 0.717) is 0 Å². The summed E-state index contributed by atoms with van der Waals surface area (Å²) < 4.78 is 0. The minimum atomic E-state index is 1.07. The van der Waals surface area contributed by atoms with Gasteiger partial charge in [0.15, 0.2) is 0 Å². The maximum Gasteiger partial charge on any atom is -0.0169 e. The first kappa shape index (κ1) is 21.2. The molecule has 0 fully saturated rings. The lowest BCUT2D eigenvalue weighted by Crippen LogP contribution is -1.78. The number of hydrogen-bond donors (Lipinski definition) is 0. The Bertz CT molecular complexity index is 270. The largest absolute Gasteiger partial charge is 0.0882 e. The summed E-state index contributed by atoms with van der Waals surface area (Å²) in [7, 11) is 0. The van der Waals surface area contributed by atoms with Crippen molar-refractivity contribution in [1.82, 2.24) is 0 Å². The predicted molar refractivity (Wildman–Crippen MR) is 103 cm³/mol. The first-order valence-corrected chi connectivity index (χ1v) is 9.66. The Morgan fingerprint density at radius 3 is 1.55 bits per heavy atom. The van der Waals surface area contributed by atoms with E-state index in [4.69, 9.17) is 0 Å². The molecule has 0 rings (SSSR count). The third-order valence-corrected chi connectivity index (χ3v) is 3.89. The van der Waals surface area contributed by atoms with Gasteiger partial charge in [0.25, 0.3) is 0 Å². The molecule has 0 aromatic rings. The van der Waals surface area contributed by atoms with Crippen LogP contribution in [-0.2, 0) is 0 Å². The van der Waals surface area contributed by atoms with Crippen LogP contribution in [0.2, 0.25) is 0 Å². The van der Waals surface area contributed by atoms with Crippen LogP contribution in [0.3, 0.4) is 0 Å². The summed E-state index contributed by atoms with van der Waals surface area (Å²) in [5.41, 5.74) is 0. The zero-order chi connectivity index (χ0) is 16.1. The highest BCUT2D eigenvalue weighted by atomic mass is 13.9. The van der Waals surface area contributed by atoms with Crippen LogP contribution in [0.4, 0.5) is 0 Å². The molecule has 127 valence electrons. The van der Waals surface area contributed by atoms with Crippen molar-refractivity contribution in [1.29, 1.82) is 0 Å². The summed E-state index contributed by atoms with van der Waals surface area (Å²) in [5.74, 6) is 0. The average Bonchev–Trinajstić information content (AvgIpc) is 2.54. The molecule has 0 aliphatic rings. The lowest BCUT2D eigenvalue weighted by molar-refractivity contribution is 0.592. The van der Waals surface area contributed by atoms with E-state index in [9.17, 15) is 0 Å². The summed E-state index contributed by atoms with van der Waals surface area (Å²) in [6.07, 6.45) is 31.9. The quantitative estimate of drug-likeness (QED) is 0.200. The second-order valence-electron chi connectivity index (χ2n) is 6.14. The Morgan fingerprint density at radius 2 is 1.00 bits per heavy atom. The SMILES string of the molecule is [CH2]CCCC/C=C/C/C=C/C/C=C/CCCCCCCCC. The maximum atomic E-state index is 3.86. The van der Waals surface area contributed by atoms with E-state index in [1.54, 1.807) is 0 Å². The Balaban J connectivity index is 3.24. The highest BCUT2D eigenvalue weighted by Gasteiger charge is 1.89. The summed E-state index contributed by atoms with van der Waals surface area (Å²) >= 11 is 0. The Morgan fingerprint density at radius 1 is 0.545 bits per heavy atom. The predicted octanol–water partition coefficient (Wildman–Crippen LogP) is 7.97. The Kier molecular flexibility index (Phi) is 19.5. The molecule has 0 heterocycles. The van der Waals surface area contributed by atoms with Crippen LogP contribution < -0.4 is 0 Å². The van der Waals surface area contributed by atoms with Gasteiger partial charge < -0.3 is 0 Å². The van der Waals surface area contributed by atoms with Gasteiger partial charge in [0, 0.05) is 0 Å². The van der Waals surface area contributed by atoms with Gasteiger partial charge in [-0.1, -0.05) is 102 Å². The third kappa shape index (κ3) is 19.2. The van der Waals surface area contributed by atoms with Gasteiger partial charge in [0.1, 0.15) is 0 Å². The summed E-state index contributed by atoms with van der Waals surface area (Å²) in [4.78, 5) is 0. The monoisotopic (exact) mass is 303 g/mol. The van der Waals surface area contributed by atoms with Gasteiger partial charge in [-0.2, -0.15) is 0 Å². The standard InChI is InChI=1S/C22H39/c1-3-5-7-9-11-13-15-17-19-21-22-20-18-16-14-12-10-8-6-4-2/h11,13,17,19-20,22H,1,3-10,12,14-16,18,21H2,2H3/b13-11+,19-17+,22-20+. The van der Waals surface area contributed by atoms with E-state index in [-0.39, 0.29) is 0 Å². The second kappa shape index (κ2) is 20.2. The molecular formula is C22H39. The molecule has 0 unspecified atom stereocenters. The minimum absolute atomic E-state index is 1.07. The van der Waals surface area contributed by atoms with Crippen molar-refractivity contribution in [2.75, 3.05) is 0 Å². The summed E-state index contributed by atoms with van der Waals surface area (Å²) in [6.45, 7) is 6.14. The lowest BCUT2D eigenvalue weighted by Gasteiger charge is -1.98. The van der Waals surface area contributed by atoms with Gasteiger partial charge in [0.2, 0.25) is 0 Å². The summed E-state index contributed by atoms with van der Waals surface area (Å²) in [6, 6.07) is 0. The molecule has 0 aromatic carbocycles. The number of allylic oxidation sites excluding steroid dienone is 6. The highest BCUT2D eigenvalue weighted by Crippen LogP contribution is 2.08. The molecule has 0 amide bonds. The van der Waals surface area contributed by atoms with Crippen molar-refractivity contribution in [3.63, 3.8) is 0 Å². The molecule has 0 aromatic heterocycles. The first-order valence-electron chi connectivity index (χ1n) is 9.66. The molecule has 0 saturated heterocycles. The van der Waals surface area contributed by atoms with Crippen LogP contribution in [0.15, 0.2) is 36.5 Å². The van der Waals surface area contributed by atoms with E-state index < -0.39 is 0 Å². The lowest BCUT2D eigenvalue weighted by atomic mass is 10.1. The average molecular weight is 304 g/mol. The first-order chi connectivity index (χ1) is 10.9. The minimum Gasteiger partial charge on any atom is -0.0882 e. The number of unbranched alkanes of at least 4 members (excludes halogenated alkanes) is 10. The number of rotatable bonds is 16. The molecule has 0 aliphatic carbocycles. The van der Waals surface area contributed by atoms with Gasteiger partial charge in [-0.05, 0) is 38.5 Å². The highest BCUT2D eigenvalue weighted by molar-refractivity contribution is 4.97. The molecule has 0 N–H and O–H groups in total. The molecule has 1 radical (unpaired) electrons. The van der Waals surface area contributed by atoms with Crippen LogP contribution >= 0.6 is 0 Å². The maximum absolute atomic E-state index is 3.86. The van der Waals surface area contributed by atoms with E-state index in [2.05, 4.69) is 50.3 Å². The molecule has 22 heavy (non-hydrogen) atoms. The Labute approximate surface area is 140 Å². The van der Waals surface area contributed by atoms with E-state index in [1.807, 2.05) is 0 Å². The fraction of sp³-hybridized carbons (Fsp3) is 0.682. The zero-order valence-corrected chi connectivity index (χ0v) is 15.1. The normalized spacial score (nSPS) is 12.3. The topological polar surface area (TPSA) is 0 Å². The summed E-state index contributed by atoms with van der Waals surface area (Å²) in [5, 5.41) is 0. The van der Waals surface area contributed by atoms with E-state index in [1.165, 1.54) is 70.6 Å². The fourth-order valence-corrected chi connectivity index (χ4v) is 2.44. The van der Waals surface area contributed by atoms with E-state index in [0.717, 1.165) is 19.3 Å². The van der Waals surface area contributed by atoms with Crippen molar-refractivity contribution in [2.45, 2.75) is 96.8 Å². The van der Waals surface area contributed by atoms with Crippen LogP contribution in [0.5, 0.6) is 0 Å². The molecule has 0 saturated carbocycles. The van der Waals surface area contributed by atoms with Crippen LogP contribution in [0, 0.1) is 6.92 Å². The molecule has 0 nitrogen and oxygen atoms in total. The molecular weight excluding hydrogens is 264 g/mol. The molecule has 0 bridgehead atoms. The van der Waals surface area contributed by atoms with Gasteiger partial charge in [-0.15, -0.1) is 0 Å². The van der Waals surface area contributed by atoms with Crippen molar-refractivity contribution in [3.8, 4) is 0 Å². The molecule has 0 atom stereocenters. The molecule has 0 spiro atoms. The second-order valence-corrected chi connectivity index (χ2v) is 6.14. The van der Waals surface area contributed by atoms with Gasteiger partial charge in [0.05, 0.1) is 0 Å². The fourth-order valence-electron chi connectivity index (χ4n) is 2.44. The van der Waals surface area contributed by atoms with Gasteiger partial charge >= 0.3 is 0 Å². The zero-order valence-electron chi connectivity index (χ0n) is 15.1. The Hall–Kier alpha value is -0.780.